The monoisotopic (exact) mass is 236 g/mol. The Bertz CT molecular complexity index is 446. The number of likely N-dealkylation sites (tertiary alicyclic amines) is 1. The highest BCUT2D eigenvalue weighted by Gasteiger charge is 2.22. The van der Waals surface area contributed by atoms with E-state index in [0.29, 0.717) is 5.69 Å². The quantitative estimate of drug-likeness (QED) is 0.793. The molecule has 6 heteroatoms. The fraction of sp³-hybridized carbons (Fsp3) is 0.545. The summed E-state index contributed by atoms with van der Waals surface area (Å²) in [4.78, 5) is 25.0. The third-order valence-corrected chi connectivity index (χ3v) is 2.99. The number of carbonyl (C=O) groups excluding carboxylic acids is 2. The Hall–Kier alpha value is -1.85. The molecule has 2 N–H and O–H groups in total. The minimum atomic E-state index is -0.613. The number of primary amides is 1. The van der Waals surface area contributed by atoms with Crippen molar-refractivity contribution in [3.63, 3.8) is 0 Å². The van der Waals surface area contributed by atoms with E-state index < -0.39 is 5.91 Å². The molecule has 0 radical (unpaired) electrons. The van der Waals surface area contributed by atoms with Crippen LogP contribution >= 0.6 is 0 Å². The van der Waals surface area contributed by atoms with Gasteiger partial charge in [-0.25, -0.2) is 0 Å². The lowest BCUT2D eigenvalue weighted by atomic mass is 10.1. The van der Waals surface area contributed by atoms with Gasteiger partial charge in [0.1, 0.15) is 5.69 Å². The molecule has 6 nitrogen and oxygen atoms in total. The van der Waals surface area contributed by atoms with E-state index >= 15 is 0 Å². The first-order valence-electron chi connectivity index (χ1n) is 5.72. The Labute approximate surface area is 99.4 Å². The van der Waals surface area contributed by atoms with Crippen molar-refractivity contribution >= 4 is 11.8 Å². The number of nitrogens with zero attached hydrogens (tertiary/aromatic N) is 3. The zero-order chi connectivity index (χ0) is 12.4. The van der Waals surface area contributed by atoms with Gasteiger partial charge in [-0.3, -0.25) is 14.3 Å². The molecule has 1 saturated heterocycles. The third-order valence-electron chi connectivity index (χ3n) is 2.99. The summed E-state index contributed by atoms with van der Waals surface area (Å²) in [7, 11) is 1.64. The maximum Gasteiger partial charge on any atom is 0.272 e. The third kappa shape index (κ3) is 2.30. The molecule has 0 aromatic carbocycles. The van der Waals surface area contributed by atoms with Crippen molar-refractivity contribution in [2.45, 2.75) is 19.3 Å². The Morgan fingerprint density at radius 2 is 1.94 bits per heavy atom. The van der Waals surface area contributed by atoms with Crippen LogP contribution in [0.1, 0.15) is 40.2 Å². The van der Waals surface area contributed by atoms with Gasteiger partial charge in [0, 0.05) is 26.2 Å². The molecule has 92 valence electrons. The van der Waals surface area contributed by atoms with Crippen LogP contribution in [0.25, 0.3) is 0 Å². The van der Waals surface area contributed by atoms with Crippen molar-refractivity contribution in [2.24, 2.45) is 12.8 Å². The first kappa shape index (κ1) is 11.6. The lowest BCUT2D eigenvalue weighted by Crippen LogP contribution is -2.36. The second-order valence-corrected chi connectivity index (χ2v) is 4.26. The molecular weight excluding hydrogens is 220 g/mol. The van der Waals surface area contributed by atoms with Gasteiger partial charge in [-0.05, 0) is 19.3 Å². The summed E-state index contributed by atoms with van der Waals surface area (Å²) in [5.41, 5.74) is 5.68. The molecule has 0 unspecified atom stereocenters. The molecule has 0 aliphatic carbocycles. The zero-order valence-electron chi connectivity index (χ0n) is 9.85. The molecule has 1 aliphatic rings. The predicted octanol–water partition coefficient (Wildman–Crippen LogP) is 0.145. The molecule has 1 aromatic rings. The van der Waals surface area contributed by atoms with Gasteiger partial charge in [0.25, 0.3) is 11.8 Å². The van der Waals surface area contributed by atoms with Crippen LogP contribution in [-0.2, 0) is 7.05 Å². The number of aromatic nitrogens is 2. The van der Waals surface area contributed by atoms with E-state index in [2.05, 4.69) is 5.10 Å². The molecule has 1 fully saturated rings. The minimum absolute atomic E-state index is 0.0767. The smallest absolute Gasteiger partial charge is 0.272 e. The number of piperidine rings is 1. The van der Waals surface area contributed by atoms with Crippen LogP contribution in [0.2, 0.25) is 0 Å². The predicted molar refractivity (Wildman–Crippen MR) is 61.5 cm³/mol. The van der Waals surface area contributed by atoms with Crippen molar-refractivity contribution in [2.75, 3.05) is 13.1 Å². The highest BCUT2D eigenvalue weighted by atomic mass is 16.2. The molecule has 0 bridgehead atoms. The fourth-order valence-electron chi connectivity index (χ4n) is 2.05. The van der Waals surface area contributed by atoms with Crippen LogP contribution in [0, 0.1) is 0 Å². The van der Waals surface area contributed by atoms with Crippen molar-refractivity contribution in [3.05, 3.63) is 17.5 Å². The Morgan fingerprint density at radius 3 is 2.47 bits per heavy atom. The number of aryl methyl sites for hydroxylation is 1. The second kappa shape index (κ2) is 4.57. The summed E-state index contributed by atoms with van der Waals surface area (Å²) >= 11 is 0. The van der Waals surface area contributed by atoms with Gasteiger partial charge in [-0.15, -0.1) is 0 Å². The van der Waals surface area contributed by atoms with E-state index in [0.717, 1.165) is 25.9 Å². The number of hydrogen-bond acceptors (Lipinski definition) is 3. The van der Waals surface area contributed by atoms with Crippen LogP contribution in [0.5, 0.6) is 0 Å². The molecule has 2 heterocycles. The van der Waals surface area contributed by atoms with Gasteiger partial charge in [-0.2, -0.15) is 5.10 Å². The van der Waals surface area contributed by atoms with Crippen molar-refractivity contribution in [1.29, 1.82) is 0 Å². The van der Waals surface area contributed by atoms with E-state index in [4.69, 9.17) is 5.73 Å². The molecule has 0 saturated carbocycles. The minimum Gasteiger partial charge on any atom is -0.364 e. The van der Waals surface area contributed by atoms with Crippen LogP contribution in [0.15, 0.2) is 6.07 Å². The molecule has 17 heavy (non-hydrogen) atoms. The van der Waals surface area contributed by atoms with Gasteiger partial charge in [0.2, 0.25) is 0 Å². The summed E-state index contributed by atoms with van der Waals surface area (Å²) in [6, 6.07) is 1.46. The van der Waals surface area contributed by atoms with Crippen LogP contribution < -0.4 is 5.73 Å². The Kier molecular flexibility index (Phi) is 3.12. The average Bonchev–Trinajstić information content (AvgIpc) is 2.72. The van der Waals surface area contributed by atoms with Gasteiger partial charge >= 0.3 is 0 Å². The Balaban J connectivity index is 2.20. The molecule has 2 rings (SSSR count). The number of hydrogen-bond donors (Lipinski definition) is 1. The van der Waals surface area contributed by atoms with Crippen LogP contribution in [-0.4, -0.2) is 39.6 Å². The molecule has 0 atom stereocenters. The number of nitrogens with two attached hydrogens (primary N) is 1. The van der Waals surface area contributed by atoms with Crippen molar-refractivity contribution < 1.29 is 9.59 Å². The van der Waals surface area contributed by atoms with E-state index in [-0.39, 0.29) is 11.6 Å². The van der Waals surface area contributed by atoms with E-state index in [1.165, 1.54) is 17.2 Å². The summed E-state index contributed by atoms with van der Waals surface area (Å²) in [5, 5.41) is 3.92. The maximum atomic E-state index is 12.2. The van der Waals surface area contributed by atoms with Crippen LogP contribution in [0.4, 0.5) is 0 Å². The Morgan fingerprint density at radius 1 is 1.29 bits per heavy atom. The van der Waals surface area contributed by atoms with E-state index in [1.807, 2.05) is 0 Å². The second-order valence-electron chi connectivity index (χ2n) is 4.26. The fourth-order valence-corrected chi connectivity index (χ4v) is 2.05. The van der Waals surface area contributed by atoms with Gasteiger partial charge in [0.05, 0.1) is 0 Å². The summed E-state index contributed by atoms with van der Waals surface area (Å²) in [6.45, 7) is 1.55. The summed E-state index contributed by atoms with van der Waals surface area (Å²) in [6.07, 6.45) is 3.24. The normalized spacial score (nSPS) is 15.9. The van der Waals surface area contributed by atoms with Gasteiger partial charge < -0.3 is 10.6 Å². The lowest BCUT2D eigenvalue weighted by Gasteiger charge is -2.26. The highest BCUT2D eigenvalue weighted by molar-refractivity contribution is 5.97. The number of rotatable bonds is 2. The van der Waals surface area contributed by atoms with E-state index in [1.54, 1.807) is 11.9 Å². The number of carbonyl (C=O) groups is 2. The first-order chi connectivity index (χ1) is 8.09. The molecular formula is C11H16N4O2. The SMILES string of the molecule is Cn1nc(C(N)=O)cc1C(=O)N1CCCCC1. The molecule has 0 spiro atoms. The molecule has 2 amide bonds. The zero-order valence-corrected chi connectivity index (χ0v) is 9.85. The lowest BCUT2D eigenvalue weighted by molar-refractivity contribution is 0.0713. The topological polar surface area (TPSA) is 81.2 Å². The first-order valence-corrected chi connectivity index (χ1v) is 5.72. The van der Waals surface area contributed by atoms with E-state index in [9.17, 15) is 9.59 Å². The summed E-state index contributed by atoms with van der Waals surface area (Å²) < 4.78 is 1.41. The van der Waals surface area contributed by atoms with Crippen molar-refractivity contribution in [1.82, 2.24) is 14.7 Å². The average molecular weight is 236 g/mol. The van der Waals surface area contributed by atoms with Gasteiger partial charge in [-0.1, -0.05) is 0 Å². The van der Waals surface area contributed by atoms with Gasteiger partial charge in [0.15, 0.2) is 5.69 Å². The van der Waals surface area contributed by atoms with Crippen LogP contribution in [0.3, 0.4) is 0 Å². The maximum absolute atomic E-state index is 12.2. The summed E-state index contributed by atoms with van der Waals surface area (Å²) in [5.74, 6) is -0.689. The highest BCUT2D eigenvalue weighted by Crippen LogP contribution is 2.13. The molecule has 1 aliphatic heterocycles. The number of amides is 2. The standard InChI is InChI=1S/C11H16N4O2/c1-14-9(7-8(13-14)10(12)16)11(17)15-5-3-2-4-6-15/h7H,2-6H2,1H3,(H2,12,16). The molecule has 1 aromatic heterocycles. The van der Waals surface area contributed by atoms with Crippen molar-refractivity contribution in [3.8, 4) is 0 Å². The largest absolute Gasteiger partial charge is 0.364 e.